The molecule has 0 aliphatic rings. The lowest BCUT2D eigenvalue weighted by Crippen LogP contribution is -1.95. The number of halogens is 1. The Morgan fingerprint density at radius 1 is 1.57 bits per heavy atom. The molecule has 0 saturated heterocycles. The summed E-state index contributed by atoms with van der Waals surface area (Å²) in [5.74, 6) is 0. The minimum Gasteiger partial charge on any atom is -0.472 e. The summed E-state index contributed by atoms with van der Waals surface area (Å²) in [6.45, 7) is 2.01. The molecule has 14 heavy (non-hydrogen) atoms. The average molecular weight is 273 g/mol. The highest BCUT2D eigenvalue weighted by atomic mass is 79.9. The van der Waals surface area contributed by atoms with Gasteiger partial charge in [0.05, 0.1) is 17.4 Å². The van der Waals surface area contributed by atoms with Crippen LogP contribution < -0.4 is 0 Å². The quantitative estimate of drug-likeness (QED) is 0.908. The zero-order chi connectivity index (χ0) is 10.1. The van der Waals surface area contributed by atoms with Gasteiger partial charge in [0.2, 0.25) is 0 Å². The zero-order valence-electron chi connectivity index (χ0n) is 7.53. The van der Waals surface area contributed by atoms with Gasteiger partial charge < -0.3 is 9.52 Å². The number of furan rings is 1. The molecule has 0 aromatic carbocycles. The van der Waals surface area contributed by atoms with Crippen molar-refractivity contribution < 1.29 is 9.52 Å². The summed E-state index contributed by atoms with van der Waals surface area (Å²) in [5.41, 5.74) is 0.785. The highest BCUT2D eigenvalue weighted by Gasteiger charge is 2.17. The van der Waals surface area contributed by atoms with Crippen LogP contribution >= 0.6 is 27.3 Å². The van der Waals surface area contributed by atoms with Gasteiger partial charge in [-0.2, -0.15) is 0 Å². The average Bonchev–Trinajstić information content (AvgIpc) is 2.73. The lowest BCUT2D eigenvalue weighted by Gasteiger charge is -2.05. The first-order valence-corrected chi connectivity index (χ1v) is 5.75. The molecule has 2 aromatic rings. The van der Waals surface area contributed by atoms with Crippen LogP contribution in [0.2, 0.25) is 0 Å². The van der Waals surface area contributed by atoms with Crippen LogP contribution in [0.4, 0.5) is 0 Å². The zero-order valence-corrected chi connectivity index (χ0v) is 9.93. The molecule has 74 valence electrons. The number of aliphatic hydroxyl groups is 1. The molecule has 0 amide bonds. The topological polar surface area (TPSA) is 33.4 Å². The van der Waals surface area contributed by atoms with Crippen molar-refractivity contribution >= 4 is 27.3 Å². The summed E-state index contributed by atoms with van der Waals surface area (Å²) >= 11 is 5.01. The van der Waals surface area contributed by atoms with Crippen LogP contribution in [0.15, 0.2) is 33.5 Å². The van der Waals surface area contributed by atoms with E-state index in [0.717, 1.165) is 14.9 Å². The fourth-order valence-electron chi connectivity index (χ4n) is 1.27. The first kappa shape index (κ1) is 9.96. The molecule has 0 fully saturated rings. The van der Waals surface area contributed by atoms with E-state index in [9.17, 15) is 5.11 Å². The first-order chi connectivity index (χ1) is 6.68. The molecule has 4 heteroatoms. The maximum Gasteiger partial charge on any atom is 0.117 e. The van der Waals surface area contributed by atoms with Crippen LogP contribution in [0, 0.1) is 6.92 Å². The third-order valence-corrected chi connectivity index (χ3v) is 3.97. The Bertz CT molecular complexity index is 419. The number of hydrogen-bond donors (Lipinski definition) is 1. The number of aryl methyl sites for hydroxylation is 1. The summed E-state index contributed by atoms with van der Waals surface area (Å²) < 4.78 is 5.89. The van der Waals surface area contributed by atoms with E-state index in [1.807, 2.05) is 13.0 Å². The second-order valence-corrected chi connectivity index (χ2v) is 5.17. The minimum absolute atomic E-state index is 0.596. The predicted octanol–water partition coefficient (Wildman–Crippen LogP) is 3.49. The van der Waals surface area contributed by atoms with Gasteiger partial charge in [0.25, 0.3) is 0 Å². The molecule has 2 aromatic heterocycles. The van der Waals surface area contributed by atoms with Crippen molar-refractivity contribution in [1.29, 1.82) is 0 Å². The van der Waals surface area contributed by atoms with Crippen LogP contribution in [-0.4, -0.2) is 5.11 Å². The second kappa shape index (κ2) is 3.88. The van der Waals surface area contributed by atoms with Crippen molar-refractivity contribution in [1.82, 2.24) is 0 Å². The van der Waals surface area contributed by atoms with Crippen molar-refractivity contribution in [3.63, 3.8) is 0 Å². The summed E-state index contributed by atoms with van der Waals surface area (Å²) in [4.78, 5) is 2.10. The van der Waals surface area contributed by atoms with Crippen LogP contribution in [0.1, 0.15) is 21.4 Å². The van der Waals surface area contributed by atoms with Crippen molar-refractivity contribution in [3.05, 3.63) is 44.4 Å². The monoisotopic (exact) mass is 272 g/mol. The number of aliphatic hydroxyl groups excluding tert-OH is 1. The third-order valence-electron chi connectivity index (χ3n) is 1.94. The highest BCUT2D eigenvalue weighted by Crippen LogP contribution is 2.35. The van der Waals surface area contributed by atoms with Gasteiger partial charge in [-0.1, -0.05) is 0 Å². The van der Waals surface area contributed by atoms with Gasteiger partial charge in [0, 0.05) is 14.9 Å². The van der Waals surface area contributed by atoms with E-state index in [-0.39, 0.29) is 0 Å². The molecule has 0 saturated carbocycles. The van der Waals surface area contributed by atoms with Crippen LogP contribution in [0.25, 0.3) is 0 Å². The maximum absolute atomic E-state index is 10.00. The summed E-state index contributed by atoms with van der Waals surface area (Å²) in [6, 6.07) is 3.77. The molecule has 1 atom stereocenters. The standard InChI is InChI=1S/C10H9BrO2S/c1-6-4-8(11)10(14-6)9(12)7-2-3-13-5-7/h2-5,9,12H,1H3. The number of rotatable bonds is 2. The van der Waals surface area contributed by atoms with Crippen molar-refractivity contribution in [2.45, 2.75) is 13.0 Å². The maximum atomic E-state index is 10.00. The van der Waals surface area contributed by atoms with Crippen molar-refractivity contribution in [2.75, 3.05) is 0 Å². The fourth-order valence-corrected chi connectivity index (χ4v) is 3.15. The van der Waals surface area contributed by atoms with Gasteiger partial charge in [-0.05, 0) is 35.0 Å². The highest BCUT2D eigenvalue weighted by molar-refractivity contribution is 9.10. The number of hydrogen-bond acceptors (Lipinski definition) is 3. The fraction of sp³-hybridized carbons (Fsp3) is 0.200. The Balaban J connectivity index is 2.36. The van der Waals surface area contributed by atoms with Gasteiger partial charge in [-0.3, -0.25) is 0 Å². The van der Waals surface area contributed by atoms with Gasteiger partial charge in [0.15, 0.2) is 0 Å². The molecule has 2 nitrogen and oxygen atoms in total. The second-order valence-electron chi connectivity index (χ2n) is 3.03. The molecule has 0 radical (unpaired) electrons. The number of thiophene rings is 1. The predicted molar refractivity (Wildman–Crippen MR) is 59.5 cm³/mol. The molecular weight excluding hydrogens is 264 g/mol. The first-order valence-electron chi connectivity index (χ1n) is 4.14. The van der Waals surface area contributed by atoms with E-state index in [1.54, 1.807) is 29.9 Å². The van der Waals surface area contributed by atoms with Crippen molar-refractivity contribution in [3.8, 4) is 0 Å². The molecule has 0 spiro atoms. The summed E-state index contributed by atoms with van der Waals surface area (Å²) in [6.07, 6.45) is 2.53. The molecule has 1 unspecified atom stereocenters. The van der Waals surface area contributed by atoms with Gasteiger partial charge in [-0.15, -0.1) is 11.3 Å². The molecule has 1 N–H and O–H groups in total. The Hall–Kier alpha value is -0.580. The van der Waals surface area contributed by atoms with E-state index in [1.165, 1.54) is 4.88 Å². The summed E-state index contributed by atoms with van der Waals surface area (Å²) in [5, 5.41) is 10.00. The largest absolute Gasteiger partial charge is 0.472 e. The Morgan fingerprint density at radius 3 is 2.86 bits per heavy atom. The minimum atomic E-state index is -0.596. The Morgan fingerprint density at radius 2 is 2.36 bits per heavy atom. The van der Waals surface area contributed by atoms with E-state index < -0.39 is 6.10 Å². The van der Waals surface area contributed by atoms with Crippen LogP contribution in [-0.2, 0) is 0 Å². The lowest BCUT2D eigenvalue weighted by molar-refractivity contribution is 0.222. The van der Waals surface area contributed by atoms with Crippen molar-refractivity contribution in [2.24, 2.45) is 0 Å². The Labute approximate surface area is 94.3 Å². The molecule has 0 bridgehead atoms. The van der Waals surface area contributed by atoms with Crippen LogP contribution in [0.5, 0.6) is 0 Å². The van der Waals surface area contributed by atoms with Crippen LogP contribution in [0.3, 0.4) is 0 Å². The molecule has 0 aliphatic carbocycles. The summed E-state index contributed by atoms with van der Waals surface area (Å²) in [7, 11) is 0. The molecule has 2 rings (SSSR count). The normalized spacial score (nSPS) is 13.1. The lowest BCUT2D eigenvalue weighted by atomic mass is 10.2. The molecule has 0 aliphatic heterocycles. The van der Waals surface area contributed by atoms with E-state index in [2.05, 4.69) is 15.9 Å². The SMILES string of the molecule is Cc1cc(Br)c(C(O)c2ccoc2)s1. The molecule has 2 heterocycles. The van der Waals surface area contributed by atoms with E-state index in [4.69, 9.17) is 4.42 Å². The Kier molecular flexibility index (Phi) is 2.76. The van der Waals surface area contributed by atoms with E-state index >= 15 is 0 Å². The van der Waals surface area contributed by atoms with Gasteiger partial charge in [0.1, 0.15) is 6.10 Å². The van der Waals surface area contributed by atoms with E-state index in [0.29, 0.717) is 0 Å². The third kappa shape index (κ3) is 1.78. The molecular formula is C10H9BrO2S. The van der Waals surface area contributed by atoms with Gasteiger partial charge >= 0.3 is 0 Å². The van der Waals surface area contributed by atoms with Gasteiger partial charge in [-0.25, -0.2) is 0 Å². The smallest absolute Gasteiger partial charge is 0.117 e.